The first-order valence-electron chi connectivity index (χ1n) is 7.57. The third-order valence-corrected chi connectivity index (χ3v) is 5.45. The molecule has 0 bridgehead atoms. The number of halogens is 2. The second-order valence-electron chi connectivity index (χ2n) is 5.71. The zero-order valence-corrected chi connectivity index (χ0v) is 14.5. The quantitative estimate of drug-likeness (QED) is 0.752. The van der Waals surface area contributed by atoms with Crippen molar-refractivity contribution in [2.75, 3.05) is 5.32 Å². The summed E-state index contributed by atoms with van der Waals surface area (Å²) in [6.07, 6.45) is 0. The van der Waals surface area contributed by atoms with Gasteiger partial charge in [-0.05, 0) is 42.8 Å². The molecule has 1 heterocycles. The number of sulfone groups is 1. The van der Waals surface area contributed by atoms with Gasteiger partial charge in [0.25, 0.3) is 0 Å². The van der Waals surface area contributed by atoms with Gasteiger partial charge in [0, 0.05) is 12.7 Å². The predicted molar refractivity (Wildman–Crippen MR) is 92.4 cm³/mol. The van der Waals surface area contributed by atoms with Gasteiger partial charge >= 0.3 is 5.76 Å². The largest absolute Gasteiger partial charge is 0.378 e. The van der Waals surface area contributed by atoms with Gasteiger partial charge in [0.05, 0.1) is 22.5 Å². The van der Waals surface area contributed by atoms with E-state index in [4.69, 9.17) is 0 Å². The Balaban J connectivity index is 1.79. The fraction of sp³-hybridized carbons (Fsp3) is 0.235. The lowest BCUT2D eigenvalue weighted by molar-refractivity contribution is 0.234. The molecule has 0 unspecified atom stereocenters. The van der Waals surface area contributed by atoms with Gasteiger partial charge in [-0.15, -0.1) is 0 Å². The molecule has 0 atom stereocenters. The van der Waals surface area contributed by atoms with Gasteiger partial charge in [-0.2, -0.15) is 8.78 Å². The van der Waals surface area contributed by atoms with Crippen LogP contribution in [0.4, 0.5) is 14.5 Å². The number of aromatic nitrogens is 2. The summed E-state index contributed by atoms with van der Waals surface area (Å²) in [5, 5.41) is 3.12. The van der Waals surface area contributed by atoms with E-state index < -0.39 is 20.5 Å². The van der Waals surface area contributed by atoms with Crippen molar-refractivity contribution >= 4 is 26.6 Å². The molecule has 2 aromatic carbocycles. The molecule has 0 saturated carbocycles. The highest BCUT2D eigenvalue weighted by Gasteiger charge is 2.26. The molecule has 0 amide bonds. The van der Waals surface area contributed by atoms with Crippen LogP contribution in [0.25, 0.3) is 11.0 Å². The highest BCUT2D eigenvalue weighted by Crippen LogP contribution is 2.22. The minimum absolute atomic E-state index is 0.397. The Kier molecular flexibility index (Phi) is 4.47. The minimum Gasteiger partial charge on any atom is -0.378 e. The number of hydrogen-bond donors (Lipinski definition) is 1. The fourth-order valence-corrected chi connectivity index (χ4v) is 3.44. The topological polar surface area (TPSA) is 64.0 Å². The zero-order chi connectivity index (χ0) is 18.2. The van der Waals surface area contributed by atoms with Gasteiger partial charge in [0.15, 0.2) is 0 Å². The maximum atomic E-state index is 12.5. The van der Waals surface area contributed by atoms with E-state index in [1.165, 1.54) is 24.3 Å². The predicted octanol–water partition coefficient (Wildman–Crippen LogP) is 3.49. The highest BCUT2D eigenvalue weighted by atomic mass is 32.2. The number of imidazole rings is 1. The normalized spacial score (nSPS) is 12.0. The molecular weight excluding hydrogens is 348 g/mol. The van der Waals surface area contributed by atoms with Gasteiger partial charge in [0.1, 0.15) is 5.82 Å². The Morgan fingerprint density at radius 3 is 2.44 bits per heavy atom. The lowest BCUT2D eigenvalue weighted by Gasteiger charge is -2.08. The average molecular weight is 365 g/mol. The second kappa shape index (κ2) is 6.44. The molecule has 0 spiro atoms. The molecule has 132 valence electrons. The summed E-state index contributed by atoms with van der Waals surface area (Å²) in [4.78, 5) is 4.18. The average Bonchev–Trinajstić information content (AvgIpc) is 2.90. The van der Waals surface area contributed by atoms with E-state index in [1.807, 2.05) is 36.7 Å². The lowest BCUT2D eigenvalue weighted by atomic mass is 10.2. The molecule has 0 aliphatic rings. The number of para-hydroxylation sites is 1. The van der Waals surface area contributed by atoms with Crippen LogP contribution in [0.1, 0.15) is 11.4 Å². The molecule has 0 fully saturated rings. The van der Waals surface area contributed by atoms with Gasteiger partial charge in [-0.25, -0.2) is 13.4 Å². The zero-order valence-electron chi connectivity index (χ0n) is 13.7. The van der Waals surface area contributed by atoms with Crippen molar-refractivity contribution in [3.63, 3.8) is 0 Å². The van der Waals surface area contributed by atoms with Crippen molar-refractivity contribution in [2.24, 2.45) is 7.05 Å². The summed E-state index contributed by atoms with van der Waals surface area (Å²) in [7, 11) is -2.64. The number of alkyl halides is 2. The Morgan fingerprint density at radius 1 is 1.16 bits per heavy atom. The van der Waals surface area contributed by atoms with Gasteiger partial charge in [-0.1, -0.05) is 12.1 Å². The fourth-order valence-electron chi connectivity index (χ4n) is 2.72. The molecule has 0 saturated heterocycles. The van der Waals surface area contributed by atoms with Gasteiger partial charge in [-0.3, -0.25) is 0 Å². The Bertz CT molecular complexity index is 1010. The molecule has 0 radical (unpaired) electrons. The first-order chi connectivity index (χ1) is 11.8. The van der Waals surface area contributed by atoms with E-state index >= 15 is 0 Å². The number of rotatable bonds is 5. The number of nitrogens with one attached hydrogen (secondary N) is 1. The van der Waals surface area contributed by atoms with Gasteiger partial charge in [0.2, 0.25) is 9.84 Å². The van der Waals surface area contributed by atoms with Crippen LogP contribution < -0.4 is 5.32 Å². The molecule has 1 aromatic heterocycles. The molecule has 0 aliphatic heterocycles. The van der Waals surface area contributed by atoms with E-state index in [0.29, 0.717) is 12.2 Å². The van der Waals surface area contributed by atoms with Crippen LogP contribution in [-0.2, 0) is 23.4 Å². The van der Waals surface area contributed by atoms with Crippen molar-refractivity contribution in [3.8, 4) is 0 Å². The summed E-state index contributed by atoms with van der Waals surface area (Å²) in [6, 6.07) is 11.2. The van der Waals surface area contributed by atoms with E-state index in [9.17, 15) is 17.2 Å². The van der Waals surface area contributed by atoms with Crippen molar-refractivity contribution in [3.05, 3.63) is 53.9 Å². The number of fused-ring (bicyclic) bond motifs is 1. The molecular formula is C17H17F2N3O2S. The first kappa shape index (κ1) is 17.3. The third kappa shape index (κ3) is 3.21. The van der Waals surface area contributed by atoms with Crippen molar-refractivity contribution in [1.82, 2.24) is 9.55 Å². The minimum atomic E-state index is -4.57. The second-order valence-corrected chi connectivity index (χ2v) is 7.63. The Labute approximate surface area is 144 Å². The molecule has 3 aromatic rings. The summed E-state index contributed by atoms with van der Waals surface area (Å²) in [5.41, 5.74) is 3.70. The van der Waals surface area contributed by atoms with Crippen molar-refractivity contribution < 1.29 is 17.2 Å². The Morgan fingerprint density at radius 2 is 1.84 bits per heavy atom. The van der Waals surface area contributed by atoms with Crippen molar-refractivity contribution in [1.29, 1.82) is 0 Å². The van der Waals surface area contributed by atoms with Crippen LogP contribution in [-0.4, -0.2) is 23.7 Å². The van der Waals surface area contributed by atoms with Crippen LogP contribution in [0.5, 0.6) is 0 Å². The van der Waals surface area contributed by atoms with Crippen LogP contribution in [0.2, 0.25) is 0 Å². The van der Waals surface area contributed by atoms with Crippen LogP contribution in [0.3, 0.4) is 0 Å². The van der Waals surface area contributed by atoms with E-state index in [0.717, 1.165) is 22.4 Å². The monoisotopic (exact) mass is 365 g/mol. The van der Waals surface area contributed by atoms with Crippen molar-refractivity contribution in [2.45, 2.75) is 24.1 Å². The van der Waals surface area contributed by atoms with Crippen LogP contribution >= 0.6 is 0 Å². The third-order valence-electron chi connectivity index (χ3n) is 4.06. The summed E-state index contributed by atoms with van der Waals surface area (Å²) >= 11 is 0. The number of hydrogen-bond acceptors (Lipinski definition) is 4. The van der Waals surface area contributed by atoms with Crippen LogP contribution in [0, 0.1) is 6.92 Å². The van der Waals surface area contributed by atoms with E-state index in [-0.39, 0.29) is 0 Å². The molecule has 1 N–H and O–H groups in total. The molecule has 8 heteroatoms. The van der Waals surface area contributed by atoms with Crippen LogP contribution in [0.15, 0.2) is 47.4 Å². The molecule has 5 nitrogen and oxygen atoms in total. The smallest absolute Gasteiger partial charge is 0.341 e. The maximum Gasteiger partial charge on any atom is 0.341 e. The van der Waals surface area contributed by atoms with Gasteiger partial charge < -0.3 is 9.88 Å². The SMILES string of the molecule is Cc1cccc2nc(CNc3ccc(S(=O)(=O)C(F)F)cc3)n(C)c12. The number of nitrogens with zero attached hydrogens (tertiary/aromatic N) is 2. The Hall–Kier alpha value is -2.48. The molecule has 25 heavy (non-hydrogen) atoms. The maximum absolute atomic E-state index is 12.5. The highest BCUT2D eigenvalue weighted by molar-refractivity contribution is 7.91. The number of anilines is 1. The molecule has 3 rings (SSSR count). The van der Waals surface area contributed by atoms with E-state index in [1.54, 1.807) is 0 Å². The summed E-state index contributed by atoms with van der Waals surface area (Å²) in [5.74, 6) is -2.61. The first-order valence-corrected chi connectivity index (χ1v) is 9.12. The number of benzene rings is 2. The summed E-state index contributed by atoms with van der Waals surface area (Å²) < 4.78 is 49.9. The molecule has 0 aliphatic carbocycles. The number of aryl methyl sites for hydroxylation is 2. The lowest BCUT2D eigenvalue weighted by Crippen LogP contribution is -2.11. The summed E-state index contributed by atoms with van der Waals surface area (Å²) in [6.45, 7) is 2.44. The standard InChI is InChI=1S/C17H17F2N3O2S/c1-11-4-3-5-14-16(11)22(2)15(21-14)10-20-12-6-8-13(9-7-12)25(23,24)17(18)19/h3-9,17,20H,10H2,1-2H3. The van der Waals surface area contributed by atoms with E-state index in [2.05, 4.69) is 10.3 Å².